The van der Waals surface area contributed by atoms with Crippen LogP contribution in [-0.4, -0.2) is 59.5 Å². The largest absolute Gasteiger partial charge is 0.444 e. The maximum absolute atomic E-state index is 11.8. The molecule has 7 nitrogen and oxygen atoms in total. The van der Waals surface area contributed by atoms with Crippen molar-refractivity contribution in [2.45, 2.75) is 56.7 Å². The molecule has 2 aliphatic rings. The second kappa shape index (κ2) is 8.33. The van der Waals surface area contributed by atoms with Crippen molar-refractivity contribution >= 4 is 38.6 Å². The number of nitrogens with zero attached hydrogens (tertiary/aromatic N) is 4. The van der Waals surface area contributed by atoms with Gasteiger partial charge >= 0.3 is 0 Å². The van der Waals surface area contributed by atoms with Gasteiger partial charge in [-0.1, -0.05) is 0 Å². The number of furan rings is 1. The van der Waals surface area contributed by atoms with Gasteiger partial charge in [-0.3, -0.25) is 9.69 Å². The molecule has 1 saturated carbocycles. The van der Waals surface area contributed by atoms with Gasteiger partial charge in [0.25, 0.3) is 0 Å². The van der Waals surface area contributed by atoms with Gasteiger partial charge in [0.1, 0.15) is 11.9 Å². The van der Waals surface area contributed by atoms with Crippen LogP contribution in [0, 0.1) is 11.3 Å². The SMILES string of the molecule is CN1CC(N(C)C2CCC(Nc3ncc4oc(C#N)cc4c3Br)CC2)CCC1=O. The summed E-state index contributed by atoms with van der Waals surface area (Å²) in [6.07, 6.45) is 7.72. The van der Waals surface area contributed by atoms with Crippen LogP contribution in [0.1, 0.15) is 44.3 Å². The standard InChI is InChI=1S/C21H26BrN5O2/c1-26-12-15(7-8-19(26)28)27(2)14-5-3-13(4-6-14)25-21-20(22)17-9-16(10-23)29-18(17)11-24-21/h9,11,13-15H,3-8,12H2,1-2H3,(H,24,25). The Bertz CT molecular complexity index is 944. The molecule has 2 fully saturated rings. The molecule has 29 heavy (non-hydrogen) atoms. The zero-order chi connectivity index (χ0) is 20.5. The smallest absolute Gasteiger partial charge is 0.222 e. The molecule has 0 bridgehead atoms. The third-order valence-corrected chi connectivity index (χ3v) is 7.22. The van der Waals surface area contributed by atoms with Crippen molar-refractivity contribution in [1.82, 2.24) is 14.8 Å². The van der Waals surface area contributed by atoms with E-state index in [1.165, 1.54) is 0 Å². The fraction of sp³-hybridized carbons (Fsp3) is 0.571. The molecule has 1 atom stereocenters. The minimum Gasteiger partial charge on any atom is -0.444 e. The molecule has 4 rings (SSSR count). The molecule has 1 amide bonds. The number of aromatic nitrogens is 1. The lowest BCUT2D eigenvalue weighted by Gasteiger charge is -2.42. The van der Waals surface area contributed by atoms with Crippen molar-refractivity contribution in [3.8, 4) is 6.07 Å². The Hall–Kier alpha value is -2.11. The van der Waals surface area contributed by atoms with Gasteiger partial charge in [0, 0.05) is 49.6 Å². The number of nitriles is 1. The number of hydrogen-bond donors (Lipinski definition) is 1. The second-order valence-corrected chi connectivity index (χ2v) is 9.00. The Morgan fingerprint density at radius 3 is 2.76 bits per heavy atom. The van der Waals surface area contributed by atoms with Crippen LogP contribution in [0.4, 0.5) is 5.82 Å². The lowest BCUT2D eigenvalue weighted by Crippen LogP contribution is -2.51. The average Bonchev–Trinajstić information content (AvgIpc) is 3.16. The number of amides is 1. The highest BCUT2D eigenvalue weighted by Crippen LogP contribution is 2.34. The van der Waals surface area contributed by atoms with Crippen molar-refractivity contribution < 1.29 is 9.21 Å². The number of carbonyl (C=O) groups is 1. The summed E-state index contributed by atoms with van der Waals surface area (Å²) in [5.74, 6) is 1.35. The van der Waals surface area contributed by atoms with Crippen LogP contribution in [-0.2, 0) is 4.79 Å². The summed E-state index contributed by atoms with van der Waals surface area (Å²) in [6.45, 7) is 0.833. The number of likely N-dealkylation sites (tertiary alicyclic amines) is 1. The average molecular weight is 460 g/mol. The van der Waals surface area contributed by atoms with Crippen LogP contribution in [0.25, 0.3) is 11.0 Å². The topological polar surface area (TPSA) is 85.4 Å². The summed E-state index contributed by atoms with van der Waals surface area (Å²) >= 11 is 3.61. The maximum Gasteiger partial charge on any atom is 0.222 e. The molecule has 1 unspecified atom stereocenters. The van der Waals surface area contributed by atoms with Gasteiger partial charge in [0.15, 0.2) is 5.58 Å². The molecule has 1 N–H and O–H groups in total. The predicted octanol–water partition coefficient (Wildman–Crippen LogP) is 3.74. The number of nitrogens with one attached hydrogen (secondary N) is 1. The van der Waals surface area contributed by atoms with E-state index in [0.29, 0.717) is 35.9 Å². The third kappa shape index (κ3) is 4.12. The number of likely N-dealkylation sites (N-methyl/N-ethyl adjacent to an activating group) is 2. The van der Waals surface area contributed by atoms with E-state index in [4.69, 9.17) is 9.68 Å². The number of carbonyl (C=O) groups excluding carboxylic acids is 1. The Balaban J connectivity index is 1.35. The Morgan fingerprint density at radius 1 is 1.31 bits per heavy atom. The van der Waals surface area contributed by atoms with E-state index in [-0.39, 0.29) is 5.91 Å². The number of piperidine rings is 1. The van der Waals surface area contributed by atoms with Gasteiger partial charge in [-0.15, -0.1) is 0 Å². The van der Waals surface area contributed by atoms with Gasteiger partial charge in [0.05, 0.1) is 10.7 Å². The first-order chi connectivity index (χ1) is 14.0. The van der Waals surface area contributed by atoms with Crippen molar-refractivity contribution in [1.29, 1.82) is 5.26 Å². The van der Waals surface area contributed by atoms with E-state index >= 15 is 0 Å². The number of rotatable bonds is 4. The van der Waals surface area contributed by atoms with Gasteiger partial charge in [-0.2, -0.15) is 5.26 Å². The van der Waals surface area contributed by atoms with Gasteiger partial charge in [-0.05, 0) is 55.1 Å². The van der Waals surface area contributed by atoms with Crippen molar-refractivity contribution in [3.63, 3.8) is 0 Å². The summed E-state index contributed by atoms with van der Waals surface area (Å²) in [4.78, 5) is 20.6. The van der Waals surface area contributed by atoms with Gasteiger partial charge in [0.2, 0.25) is 11.7 Å². The molecule has 1 aliphatic heterocycles. The molecule has 1 saturated heterocycles. The number of hydrogen-bond acceptors (Lipinski definition) is 6. The molecule has 8 heteroatoms. The molecule has 154 valence electrons. The fourth-order valence-electron chi connectivity index (χ4n) is 4.58. The first-order valence-electron chi connectivity index (χ1n) is 10.2. The third-order valence-electron chi connectivity index (χ3n) is 6.42. The quantitative estimate of drug-likeness (QED) is 0.749. The van der Waals surface area contributed by atoms with Crippen LogP contribution >= 0.6 is 15.9 Å². The molecular weight excluding hydrogens is 434 g/mol. The molecule has 0 radical (unpaired) electrons. The Labute approximate surface area is 179 Å². The van der Waals surface area contributed by atoms with Crippen LogP contribution in [0.15, 0.2) is 21.2 Å². The van der Waals surface area contributed by atoms with Crippen LogP contribution in [0.2, 0.25) is 0 Å². The predicted molar refractivity (Wildman–Crippen MR) is 115 cm³/mol. The zero-order valence-electron chi connectivity index (χ0n) is 16.8. The summed E-state index contributed by atoms with van der Waals surface area (Å²) in [5, 5.41) is 13.5. The Morgan fingerprint density at radius 2 is 2.07 bits per heavy atom. The lowest BCUT2D eigenvalue weighted by molar-refractivity contribution is -0.133. The summed E-state index contributed by atoms with van der Waals surface area (Å²) in [6, 6.07) is 5.16. The molecular formula is C21H26BrN5O2. The number of halogens is 1. The van der Waals surface area contributed by atoms with Crippen molar-refractivity contribution in [2.75, 3.05) is 26.0 Å². The highest BCUT2D eigenvalue weighted by atomic mass is 79.9. The first-order valence-corrected chi connectivity index (χ1v) is 11.0. The van der Waals surface area contributed by atoms with Crippen molar-refractivity contribution in [3.05, 3.63) is 22.5 Å². The molecule has 3 heterocycles. The van der Waals surface area contributed by atoms with E-state index in [1.54, 1.807) is 12.3 Å². The first kappa shape index (κ1) is 20.2. The highest BCUT2D eigenvalue weighted by molar-refractivity contribution is 9.10. The fourth-order valence-corrected chi connectivity index (χ4v) is 5.10. The van der Waals surface area contributed by atoms with E-state index in [1.807, 2.05) is 18.0 Å². The van der Waals surface area contributed by atoms with E-state index in [9.17, 15) is 4.79 Å². The Kier molecular flexibility index (Phi) is 5.79. The maximum atomic E-state index is 11.8. The van der Waals surface area contributed by atoms with Gasteiger partial charge in [-0.25, -0.2) is 4.98 Å². The second-order valence-electron chi connectivity index (χ2n) is 8.20. The molecule has 0 aromatic carbocycles. The van der Waals surface area contributed by atoms with Crippen molar-refractivity contribution in [2.24, 2.45) is 0 Å². The number of fused-ring (bicyclic) bond motifs is 1. The van der Waals surface area contributed by atoms with E-state index in [2.05, 4.69) is 38.2 Å². The molecule has 2 aromatic heterocycles. The normalized spacial score (nSPS) is 25.4. The van der Waals surface area contributed by atoms with E-state index < -0.39 is 0 Å². The van der Waals surface area contributed by atoms with E-state index in [0.717, 1.165) is 54.3 Å². The summed E-state index contributed by atoms with van der Waals surface area (Å²) < 4.78 is 6.29. The summed E-state index contributed by atoms with van der Waals surface area (Å²) in [5.41, 5.74) is 0.611. The van der Waals surface area contributed by atoms with Gasteiger partial charge < -0.3 is 14.6 Å². The zero-order valence-corrected chi connectivity index (χ0v) is 18.4. The monoisotopic (exact) mass is 459 g/mol. The number of anilines is 1. The van der Waals surface area contributed by atoms with Crippen LogP contribution in [0.5, 0.6) is 0 Å². The van der Waals surface area contributed by atoms with Crippen LogP contribution < -0.4 is 5.32 Å². The molecule has 2 aromatic rings. The minimum absolute atomic E-state index is 0.261. The van der Waals surface area contributed by atoms with Crippen LogP contribution in [0.3, 0.4) is 0 Å². The molecule has 0 spiro atoms. The lowest BCUT2D eigenvalue weighted by atomic mass is 9.88. The summed E-state index contributed by atoms with van der Waals surface area (Å²) in [7, 11) is 4.12. The highest BCUT2D eigenvalue weighted by Gasteiger charge is 2.32. The number of pyridine rings is 1. The molecule has 1 aliphatic carbocycles. The minimum atomic E-state index is 0.261.